The number of aryl methyl sites for hydroxylation is 1. The smallest absolute Gasteiger partial charge is 0.251 e. The zero-order valence-corrected chi connectivity index (χ0v) is 10.7. The van der Waals surface area contributed by atoms with Gasteiger partial charge in [-0.2, -0.15) is 0 Å². The average Bonchev–Trinajstić information content (AvgIpc) is 2.29. The molecule has 0 unspecified atom stereocenters. The number of rotatable bonds is 5. The van der Waals surface area contributed by atoms with Crippen LogP contribution in [0, 0.1) is 6.92 Å². The predicted molar refractivity (Wildman–Crippen MR) is 71.1 cm³/mol. The van der Waals surface area contributed by atoms with E-state index in [1.807, 2.05) is 26.8 Å². The molecule has 0 radical (unpaired) electrons. The third kappa shape index (κ3) is 4.07. The third-order valence-electron chi connectivity index (χ3n) is 2.63. The highest BCUT2D eigenvalue weighted by Crippen LogP contribution is 2.12. The summed E-state index contributed by atoms with van der Waals surface area (Å²) < 4.78 is 0. The van der Waals surface area contributed by atoms with Crippen LogP contribution in [0.2, 0.25) is 0 Å². The van der Waals surface area contributed by atoms with Gasteiger partial charge in [-0.25, -0.2) is 0 Å². The van der Waals surface area contributed by atoms with Crippen molar-refractivity contribution in [2.24, 2.45) is 0 Å². The van der Waals surface area contributed by atoms with Crippen molar-refractivity contribution in [2.75, 3.05) is 18.8 Å². The summed E-state index contributed by atoms with van der Waals surface area (Å²) in [6.07, 6.45) is 0. The van der Waals surface area contributed by atoms with Gasteiger partial charge in [-0.05, 0) is 38.1 Å². The van der Waals surface area contributed by atoms with Gasteiger partial charge < -0.3 is 16.4 Å². The van der Waals surface area contributed by atoms with E-state index in [-0.39, 0.29) is 11.9 Å². The van der Waals surface area contributed by atoms with E-state index < -0.39 is 0 Å². The lowest BCUT2D eigenvalue weighted by Crippen LogP contribution is -2.39. The Morgan fingerprint density at radius 2 is 2.18 bits per heavy atom. The van der Waals surface area contributed by atoms with Crippen molar-refractivity contribution in [3.8, 4) is 0 Å². The summed E-state index contributed by atoms with van der Waals surface area (Å²) in [7, 11) is 0. The van der Waals surface area contributed by atoms with Crippen molar-refractivity contribution < 1.29 is 4.79 Å². The zero-order chi connectivity index (χ0) is 12.8. The third-order valence-corrected chi connectivity index (χ3v) is 2.63. The number of nitrogens with one attached hydrogen (secondary N) is 2. The number of hydrogen-bond acceptors (Lipinski definition) is 3. The van der Waals surface area contributed by atoms with Crippen molar-refractivity contribution >= 4 is 11.6 Å². The summed E-state index contributed by atoms with van der Waals surface area (Å²) >= 11 is 0. The van der Waals surface area contributed by atoms with Crippen molar-refractivity contribution in [3.63, 3.8) is 0 Å². The Morgan fingerprint density at radius 1 is 1.47 bits per heavy atom. The topological polar surface area (TPSA) is 67.1 Å². The lowest BCUT2D eigenvalue weighted by Gasteiger charge is -2.14. The predicted octanol–water partition coefficient (Wildman–Crippen LogP) is 1.31. The number of amides is 1. The first kappa shape index (κ1) is 13.5. The molecule has 94 valence electrons. The number of likely N-dealkylation sites (N-methyl/N-ethyl adjacent to an activating group) is 1. The lowest BCUT2D eigenvalue weighted by molar-refractivity contribution is 0.0949. The van der Waals surface area contributed by atoms with Gasteiger partial charge in [0.05, 0.1) is 0 Å². The molecular weight excluding hydrogens is 214 g/mol. The van der Waals surface area contributed by atoms with Crippen LogP contribution < -0.4 is 16.4 Å². The molecule has 0 aliphatic heterocycles. The Morgan fingerprint density at radius 3 is 2.82 bits per heavy atom. The van der Waals surface area contributed by atoms with Crippen LogP contribution in [0.15, 0.2) is 18.2 Å². The van der Waals surface area contributed by atoms with Gasteiger partial charge in [-0.3, -0.25) is 4.79 Å². The summed E-state index contributed by atoms with van der Waals surface area (Å²) in [5, 5.41) is 6.13. The molecule has 0 spiro atoms. The summed E-state index contributed by atoms with van der Waals surface area (Å²) in [6, 6.07) is 5.64. The number of carbonyl (C=O) groups excluding carboxylic acids is 1. The maximum atomic E-state index is 11.9. The molecular formula is C13H21N3O. The molecule has 1 rings (SSSR count). The molecule has 0 aliphatic rings. The number of nitrogens with two attached hydrogens (primary N) is 1. The van der Waals surface area contributed by atoms with Gasteiger partial charge in [-0.1, -0.05) is 13.0 Å². The molecule has 0 saturated carbocycles. The Hall–Kier alpha value is -1.55. The molecule has 17 heavy (non-hydrogen) atoms. The van der Waals surface area contributed by atoms with Gasteiger partial charge in [0.25, 0.3) is 5.91 Å². The molecule has 0 aliphatic carbocycles. The fraction of sp³-hybridized carbons (Fsp3) is 0.462. The lowest BCUT2D eigenvalue weighted by atomic mass is 10.1. The Labute approximate surface area is 103 Å². The maximum Gasteiger partial charge on any atom is 0.251 e. The minimum Gasteiger partial charge on any atom is -0.399 e. The van der Waals surface area contributed by atoms with Gasteiger partial charge in [-0.15, -0.1) is 0 Å². The van der Waals surface area contributed by atoms with Crippen molar-refractivity contribution in [2.45, 2.75) is 26.8 Å². The number of nitrogen functional groups attached to an aromatic ring is 1. The highest BCUT2D eigenvalue weighted by atomic mass is 16.1. The second-order valence-electron chi connectivity index (χ2n) is 4.24. The highest BCUT2D eigenvalue weighted by Gasteiger charge is 2.10. The van der Waals surface area contributed by atoms with E-state index in [4.69, 9.17) is 5.73 Å². The van der Waals surface area contributed by atoms with Gasteiger partial charge >= 0.3 is 0 Å². The highest BCUT2D eigenvalue weighted by molar-refractivity contribution is 5.96. The number of anilines is 1. The molecule has 4 heteroatoms. The summed E-state index contributed by atoms with van der Waals surface area (Å²) in [5.74, 6) is -0.0699. The molecule has 1 atom stereocenters. The van der Waals surface area contributed by atoms with Crippen LogP contribution in [-0.2, 0) is 0 Å². The Kier molecular flexibility index (Phi) is 4.97. The minimum absolute atomic E-state index is 0.0699. The zero-order valence-electron chi connectivity index (χ0n) is 10.7. The Bertz CT molecular complexity index is 390. The quantitative estimate of drug-likeness (QED) is 0.674. The van der Waals surface area contributed by atoms with Gasteiger partial charge in [0.1, 0.15) is 0 Å². The largest absolute Gasteiger partial charge is 0.399 e. The van der Waals surface area contributed by atoms with E-state index in [1.165, 1.54) is 0 Å². The first-order chi connectivity index (χ1) is 8.04. The number of carbonyl (C=O) groups is 1. The molecule has 0 saturated heterocycles. The van der Waals surface area contributed by atoms with Gasteiger partial charge in [0.15, 0.2) is 0 Å². The van der Waals surface area contributed by atoms with Crippen LogP contribution in [0.4, 0.5) is 5.69 Å². The number of hydrogen-bond donors (Lipinski definition) is 3. The molecule has 4 nitrogen and oxygen atoms in total. The van der Waals surface area contributed by atoms with E-state index in [0.717, 1.165) is 12.1 Å². The van der Waals surface area contributed by atoms with Crippen LogP contribution >= 0.6 is 0 Å². The van der Waals surface area contributed by atoms with Crippen LogP contribution in [-0.4, -0.2) is 25.0 Å². The molecule has 1 amide bonds. The Balaban J connectivity index is 2.61. The minimum atomic E-state index is -0.0699. The molecule has 1 aromatic carbocycles. The normalized spacial score (nSPS) is 12.2. The fourth-order valence-electron chi connectivity index (χ4n) is 1.65. The first-order valence-electron chi connectivity index (χ1n) is 5.92. The van der Waals surface area contributed by atoms with Crippen LogP contribution in [0.25, 0.3) is 0 Å². The average molecular weight is 235 g/mol. The van der Waals surface area contributed by atoms with Gasteiger partial charge in [0.2, 0.25) is 0 Å². The first-order valence-corrected chi connectivity index (χ1v) is 5.92. The van der Waals surface area contributed by atoms with E-state index in [2.05, 4.69) is 10.6 Å². The molecule has 0 fully saturated rings. The summed E-state index contributed by atoms with van der Waals surface area (Å²) in [5.41, 5.74) is 7.87. The standard InChI is InChI=1S/C13H21N3O/c1-4-15-10(3)8-16-13(17)12-7-11(14)6-5-9(12)2/h5-7,10,15H,4,8,14H2,1-3H3,(H,16,17)/t10-/m1/s1. The molecule has 0 heterocycles. The summed E-state index contributed by atoms with van der Waals surface area (Å²) in [6.45, 7) is 7.49. The molecule has 0 bridgehead atoms. The second-order valence-corrected chi connectivity index (χ2v) is 4.24. The van der Waals surface area contributed by atoms with Crippen molar-refractivity contribution in [3.05, 3.63) is 29.3 Å². The monoisotopic (exact) mass is 235 g/mol. The van der Waals surface area contributed by atoms with Crippen LogP contribution in [0.1, 0.15) is 29.8 Å². The van der Waals surface area contributed by atoms with E-state index in [0.29, 0.717) is 17.8 Å². The van der Waals surface area contributed by atoms with E-state index in [9.17, 15) is 4.79 Å². The van der Waals surface area contributed by atoms with Crippen molar-refractivity contribution in [1.29, 1.82) is 0 Å². The van der Waals surface area contributed by atoms with Crippen LogP contribution in [0.5, 0.6) is 0 Å². The number of benzene rings is 1. The van der Waals surface area contributed by atoms with E-state index >= 15 is 0 Å². The fourth-order valence-corrected chi connectivity index (χ4v) is 1.65. The van der Waals surface area contributed by atoms with Gasteiger partial charge in [0, 0.05) is 23.8 Å². The van der Waals surface area contributed by atoms with Crippen molar-refractivity contribution in [1.82, 2.24) is 10.6 Å². The second kappa shape index (κ2) is 6.25. The molecule has 4 N–H and O–H groups in total. The SMILES string of the molecule is CCN[C@H](C)CNC(=O)c1cc(N)ccc1C. The molecule has 1 aromatic rings. The van der Waals surface area contributed by atoms with E-state index in [1.54, 1.807) is 12.1 Å². The maximum absolute atomic E-state index is 11.9. The summed E-state index contributed by atoms with van der Waals surface area (Å²) in [4.78, 5) is 11.9. The molecule has 0 aromatic heterocycles. The van der Waals surface area contributed by atoms with Crippen LogP contribution in [0.3, 0.4) is 0 Å².